The first kappa shape index (κ1) is 14.2. The smallest absolute Gasteiger partial charge is 0.216 e. The molecule has 1 aliphatic rings. The van der Waals surface area contributed by atoms with Crippen molar-refractivity contribution in [2.24, 2.45) is 0 Å². The van der Waals surface area contributed by atoms with E-state index >= 15 is 0 Å². The quantitative estimate of drug-likeness (QED) is 0.809. The molecule has 0 aromatic carbocycles. The van der Waals surface area contributed by atoms with Gasteiger partial charge in [0.1, 0.15) is 12.4 Å². The molecule has 0 atom stereocenters. The van der Waals surface area contributed by atoms with Gasteiger partial charge in [-0.15, -0.1) is 0 Å². The van der Waals surface area contributed by atoms with Crippen LogP contribution in [0.3, 0.4) is 0 Å². The Morgan fingerprint density at radius 1 is 1.42 bits per heavy atom. The van der Waals surface area contributed by atoms with Gasteiger partial charge in [0.2, 0.25) is 15.9 Å². The highest BCUT2D eigenvalue weighted by Gasteiger charge is 2.28. The van der Waals surface area contributed by atoms with Crippen molar-refractivity contribution < 1.29 is 13.2 Å². The lowest BCUT2D eigenvalue weighted by Gasteiger charge is -2.31. The van der Waals surface area contributed by atoms with Gasteiger partial charge in [0, 0.05) is 25.4 Å². The van der Waals surface area contributed by atoms with Gasteiger partial charge < -0.3 is 4.74 Å². The minimum atomic E-state index is -3.08. The van der Waals surface area contributed by atoms with Gasteiger partial charge in [-0.3, -0.25) is 0 Å². The third kappa shape index (κ3) is 3.87. The van der Waals surface area contributed by atoms with Crippen LogP contribution in [0.1, 0.15) is 26.2 Å². The summed E-state index contributed by atoms with van der Waals surface area (Å²) in [5, 5.41) is 0. The second-order valence-corrected chi connectivity index (χ2v) is 6.67. The molecule has 2 heterocycles. The summed E-state index contributed by atoms with van der Waals surface area (Å²) in [5.74, 6) is 0.773. The lowest BCUT2D eigenvalue weighted by atomic mass is 10.1. The Balaban J connectivity index is 1.86. The largest absolute Gasteiger partial charge is 0.474 e. The number of piperidine rings is 1. The van der Waals surface area contributed by atoms with E-state index in [0.29, 0.717) is 38.2 Å². The minimum Gasteiger partial charge on any atom is -0.474 e. The molecule has 0 N–H and O–H groups in total. The molecule has 0 saturated carbocycles. The predicted octanol–water partition coefficient (Wildman–Crippen LogP) is 1.06. The van der Waals surface area contributed by atoms with Gasteiger partial charge in [0.15, 0.2) is 0 Å². The van der Waals surface area contributed by atoms with Gasteiger partial charge in [0.05, 0.1) is 5.75 Å². The van der Waals surface area contributed by atoms with Gasteiger partial charge in [-0.2, -0.15) is 0 Å². The Kier molecular flexibility index (Phi) is 4.71. The van der Waals surface area contributed by atoms with Crippen molar-refractivity contribution in [1.29, 1.82) is 0 Å². The van der Waals surface area contributed by atoms with Crippen molar-refractivity contribution in [1.82, 2.24) is 14.3 Å². The highest BCUT2D eigenvalue weighted by Crippen LogP contribution is 2.19. The molecule has 0 spiro atoms. The lowest BCUT2D eigenvalue weighted by molar-refractivity contribution is 0.129. The van der Waals surface area contributed by atoms with Gasteiger partial charge in [-0.1, -0.05) is 6.92 Å². The van der Waals surface area contributed by atoms with E-state index in [4.69, 9.17) is 4.74 Å². The average Bonchev–Trinajstić information content (AvgIpc) is 2.40. The lowest BCUT2D eigenvalue weighted by Crippen LogP contribution is -2.42. The molecule has 7 heteroatoms. The van der Waals surface area contributed by atoms with E-state index in [1.807, 2.05) is 6.92 Å². The standard InChI is InChI=1S/C12H19N3O3S/c1-2-9-19(16,17)15-7-4-11(5-8-15)18-12-3-6-13-10-14-12/h3,6,10-11H,2,4-5,7-9H2,1H3. The molecule has 1 aliphatic heterocycles. The van der Waals surface area contributed by atoms with Gasteiger partial charge >= 0.3 is 0 Å². The van der Waals surface area contributed by atoms with Crippen LogP contribution in [0.4, 0.5) is 0 Å². The van der Waals surface area contributed by atoms with Crippen LogP contribution >= 0.6 is 0 Å². The molecular weight excluding hydrogens is 266 g/mol. The third-order valence-corrected chi connectivity index (χ3v) is 5.17. The Hall–Kier alpha value is -1.21. The molecule has 106 valence electrons. The van der Waals surface area contributed by atoms with Crippen LogP contribution in [0.2, 0.25) is 0 Å². The molecule has 0 bridgehead atoms. The summed E-state index contributed by atoms with van der Waals surface area (Å²) in [5.41, 5.74) is 0. The fraction of sp³-hybridized carbons (Fsp3) is 0.667. The Morgan fingerprint density at radius 2 is 2.16 bits per heavy atom. The van der Waals surface area contributed by atoms with E-state index in [1.54, 1.807) is 16.6 Å². The zero-order chi connectivity index (χ0) is 13.7. The van der Waals surface area contributed by atoms with Gasteiger partial charge in [0.25, 0.3) is 0 Å². The molecule has 19 heavy (non-hydrogen) atoms. The summed E-state index contributed by atoms with van der Waals surface area (Å²) < 4.78 is 31.1. The van der Waals surface area contributed by atoms with Crippen molar-refractivity contribution in [2.45, 2.75) is 32.3 Å². The van der Waals surface area contributed by atoms with E-state index < -0.39 is 10.0 Å². The van der Waals surface area contributed by atoms with Crippen LogP contribution in [0.5, 0.6) is 5.88 Å². The van der Waals surface area contributed by atoms with E-state index in [2.05, 4.69) is 9.97 Å². The molecule has 1 aromatic heterocycles. The number of aromatic nitrogens is 2. The highest BCUT2D eigenvalue weighted by molar-refractivity contribution is 7.89. The number of hydrogen-bond acceptors (Lipinski definition) is 5. The van der Waals surface area contributed by atoms with Gasteiger partial charge in [-0.25, -0.2) is 22.7 Å². The average molecular weight is 285 g/mol. The first-order chi connectivity index (χ1) is 9.12. The number of sulfonamides is 1. The fourth-order valence-corrected chi connectivity index (χ4v) is 3.68. The van der Waals surface area contributed by atoms with Gasteiger partial charge in [-0.05, 0) is 19.3 Å². The molecule has 1 aromatic rings. The molecule has 6 nitrogen and oxygen atoms in total. The minimum absolute atomic E-state index is 0.0305. The zero-order valence-electron chi connectivity index (χ0n) is 11.0. The maximum atomic E-state index is 11.9. The summed E-state index contributed by atoms with van der Waals surface area (Å²) in [6, 6.07) is 1.71. The summed E-state index contributed by atoms with van der Waals surface area (Å²) >= 11 is 0. The molecule has 0 radical (unpaired) electrons. The van der Waals surface area contributed by atoms with Crippen molar-refractivity contribution >= 4 is 10.0 Å². The van der Waals surface area contributed by atoms with Crippen molar-refractivity contribution in [3.05, 3.63) is 18.6 Å². The molecule has 1 fully saturated rings. The Morgan fingerprint density at radius 3 is 2.74 bits per heavy atom. The maximum Gasteiger partial charge on any atom is 0.216 e. The normalized spacial score (nSPS) is 18.4. The van der Waals surface area contributed by atoms with Crippen LogP contribution in [-0.4, -0.2) is 47.6 Å². The maximum absolute atomic E-state index is 11.9. The molecule has 1 saturated heterocycles. The van der Waals surface area contributed by atoms with E-state index in [-0.39, 0.29) is 11.9 Å². The first-order valence-corrected chi connectivity index (χ1v) is 8.13. The summed E-state index contributed by atoms with van der Waals surface area (Å²) in [6.45, 7) is 2.93. The summed E-state index contributed by atoms with van der Waals surface area (Å²) in [7, 11) is -3.08. The summed E-state index contributed by atoms with van der Waals surface area (Å²) in [4.78, 5) is 7.83. The predicted molar refractivity (Wildman–Crippen MR) is 71.3 cm³/mol. The van der Waals surface area contributed by atoms with Crippen LogP contribution < -0.4 is 4.74 Å². The molecule has 2 rings (SSSR count). The topological polar surface area (TPSA) is 72.4 Å². The second kappa shape index (κ2) is 6.29. The molecule has 0 aliphatic carbocycles. The number of nitrogens with zero attached hydrogens (tertiary/aromatic N) is 3. The monoisotopic (exact) mass is 285 g/mol. The SMILES string of the molecule is CCCS(=O)(=O)N1CCC(Oc2ccncn2)CC1. The molecular formula is C12H19N3O3S. The zero-order valence-corrected chi connectivity index (χ0v) is 11.8. The van der Waals surface area contributed by atoms with Crippen LogP contribution in [0.15, 0.2) is 18.6 Å². The van der Waals surface area contributed by atoms with E-state index in [0.717, 1.165) is 0 Å². The summed E-state index contributed by atoms with van der Waals surface area (Å²) in [6.07, 6.45) is 5.15. The Bertz CT molecular complexity index is 484. The molecule has 0 unspecified atom stereocenters. The van der Waals surface area contributed by atoms with Crippen molar-refractivity contribution in [3.8, 4) is 5.88 Å². The van der Waals surface area contributed by atoms with E-state index in [9.17, 15) is 8.42 Å². The van der Waals surface area contributed by atoms with Crippen molar-refractivity contribution in [2.75, 3.05) is 18.8 Å². The van der Waals surface area contributed by atoms with Crippen LogP contribution in [0, 0.1) is 0 Å². The Labute approximate surface area is 113 Å². The van der Waals surface area contributed by atoms with Crippen LogP contribution in [-0.2, 0) is 10.0 Å². The number of ether oxygens (including phenoxy) is 1. The van der Waals surface area contributed by atoms with Crippen molar-refractivity contribution in [3.63, 3.8) is 0 Å². The second-order valence-electron chi connectivity index (χ2n) is 4.58. The number of hydrogen-bond donors (Lipinski definition) is 0. The fourth-order valence-electron chi connectivity index (χ4n) is 2.13. The first-order valence-electron chi connectivity index (χ1n) is 6.52. The third-order valence-electron chi connectivity index (χ3n) is 3.10. The van der Waals surface area contributed by atoms with Crippen LogP contribution in [0.25, 0.3) is 0 Å². The number of rotatable bonds is 5. The molecule has 0 amide bonds. The highest BCUT2D eigenvalue weighted by atomic mass is 32.2. The van der Waals surface area contributed by atoms with E-state index in [1.165, 1.54) is 6.33 Å².